The average molecular weight is 321 g/mol. The summed E-state index contributed by atoms with van der Waals surface area (Å²) in [6.45, 7) is 3.56. The minimum atomic E-state index is -0.0852. The van der Waals surface area contributed by atoms with Gasteiger partial charge in [0.05, 0.1) is 10.7 Å². The van der Waals surface area contributed by atoms with E-state index < -0.39 is 0 Å². The van der Waals surface area contributed by atoms with Crippen molar-refractivity contribution in [1.82, 2.24) is 14.3 Å². The van der Waals surface area contributed by atoms with Gasteiger partial charge in [0.2, 0.25) is 0 Å². The Morgan fingerprint density at radius 1 is 1.41 bits per heavy atom. The summed E-state index contributed by atoms with van der Waals surface area (Å²) in [6.07, 6.45) is 5.11. The minimum absolute atomic E-state index is 0.0852. The molecular formula is C16H21ClN4O. The molecule has 2 aromatic rings. The zero-order valence-electron chi connectivity index (χ0n) is 12.5. The summed E-state index contributed by atoms with van der Waals surface area (Å²) in [5.74, 6) is 0.666. The van der Waals surface area contributed by atoms with E-state index in [0.717, 1.165) is 38.3 Å². The van der Waals surface area contributed by atoms with Crippen molar-refractivity contribution in [3.63, 3.8) is 0 Å². The number of nitrogens with two attached hydrogens (primary N) is 1. The number of rotatable bonds is 4. The molecule has 6 heteroatoms. The molecule has 0 amide bonds. The van der Waals surface area contributed by atoms with E-state index in [4.69, 9.17) is 17.3 Å². The maximum atomic E-state index is 12.2. The molecule has 1 aliphatic rings. The SMILES string of the molecule is NCCC1CCCN(Cc2cc(=O)n3cc(Cl)ccc3n2)C1. The maximum absolute atomic E-state index is 12.2. The van der Waals surface area contributed by atoms with Crippen LogP contribution in [0.2, 0.25) is 5.02 Å². The molecule has 0 radical (unpaired) electrons. The number of halogens is 1. The van der Waals surface area contributed by atoms with E-state index in [-0.39, 0.29) is 5.56 Å². The smallest absolute Gasteiger partial charge is 0.258 e. The monoisotopic (exact) mass is 320 g/mol. The van der Waals surface area contributed by atoms with E-state index in [2.05, 4.69) is 9.88 Å². The molecule has 2 aromatic heterocycles. The van der Waals surface area contributed by atoms with Crippen LogP contribution in [0.3, 0.4) is 0 Å². The van der Waals surface area contributed by atoms with Gasteiger partial charge in [-0.15, -0.1) is 0 Å². The highest BCUT2D eigenvalue weighted by Gasteiger charge is 2.20. The van der Waals surface area contributed by atoms with E-state index in [1.54, 1.807) is 24.4 Å². The molecule has 1 fully saturated rings. The van der Waals surface area contributed by atoms with Gasteiger partial charge >= 0.3 is 0 Å². The number of piperidine rings is 1. The summed E-state index contributed by atoms with van der Waals surface area (Å²) in [5.41, 5.74) is 7.04. The van der Waals surface area contributed by atoms with Crippen molar-refractivity contribution in [3.05, 3.63) is 45.5 Å². The van der Waals surface area contributed by atoms with Gasteiger partial charge in [-0.25, -0.2) is 4.98 Å². The molecule has 0 saturated carbocycles. The molecule has 1 unspecified atom stereocenters. The fourth-order valence-electron chi connectivity index (χ4n) is 3.20. The molecule has 3 rings (SSSR count). The molecule has 1 saturated heterocycles. The fourth-order valence-corrected chi connectivity index (χ4v) is 3.36. The molecule has 5 nitrogen and oxygen atoms in total. The molecule has 118 valence electrons. The van der Waals surface area contributed by atoms with Crippen LogP contribution in [0, 0.1) is 5.92 Å². The van der Waals surface area contributed by atoms with Gasteiger partial charge in [0.1, 0.15) is 5.65 Å². The lowest BCUT2D eigenvalue weighted by Gasteiger charge is -2.32. The highest BCUT2D eigenvalue weighted by atomic mass is 35.5. The first kappa shape index (κ1) is 15.5. The maximum Gasteiger partial charge on any atom is 0.258 e. The van der Waals surface area contributed by atoms with E-state index in [9.17, 15) is 4.79 Å². The lowest BCUT2D eigenvalue weighted by molar-refractivity contribution is 0.161. The van der Waals surface area contributed by atoms with Crippen molar-refractivity contribution in [1.29, 1.82) is 0 Å². The largest absolute Gasteiger partial charge is 0.330 e. The van der Waals surface area contributed by atoms with Crippen molar-refractivity contribution >= 4 is 17.2 Å². The third-order valence-corrected chi connectivity index (χ3v) is 4.46. The van der Waals surface area contributed by atoms with E-state index in [0.29, 0.717) is 16.6 Å². The summed E-state index contributed by atoms with van der Waals surface area (Å²) in [4.78, 5) is 19.1. The molecule has 2 N–H and O–H groups in total. The van der Waals surface area contributed by atoms with Crippen LogP contribution in [0.4, 0.5) is 0 Å². The number of hydrogen-bond donors (Lipinski definition) is 1. The van der Waals surface area contributed by atoms with Gasteiger partial charge in [0.25, 0.3) is 5.56 Å². The second-order valence-corrected chi connectivity index (χ2v) is 6.42. The first-order chi connectivity index (χ1) is 10.7. The Morgan fingerprint density at radius 2 is 2.27 bits per heavy atom. The van der Waals surface area contributed by atoms with Gasteiger partial charge < -0.3 is 5.73 Å². The molecule has 0 aliphatic carbocycles. The van der Waals surface area contributed by atoms with Crippen molar-refractivity contribution in [3.8, 4) is 0 Å². The Bertz CT molecular complexity index is 713. The predicted octanol–water partition coefficient (Wildman–Crippen LogP) is 1.91. The molecule has 0 aromatic carbocycles. The van der Waals surface area contributed by atoms with Crippen LogP contribution in [0.5, 0.6) is 0 Å². The van der Waals surface area contributed by atoms with Crippen molar-refractivity contribution in [2.45, 2.75) is 25.8 Å². The Labute approximate surface area is 134 Å². The Kier molecular flexibility index (Phi) is 4.76. The Morgan fingerprint density at radius 3 is 3.09 bits per heavy atom. The average Bonchev–Trinajstić information content (AvgIpc) is 2.49. The number of nitrogens with zero attached hydrogens (tertiary/aromatic N) is 3. The quantitative estimate of drug-likeness (QED) is 0.934. The third kappa shape index (κ3) is 3.48. The second-order valence-electron chi connectivity index (χ2n) is 5.98. The fraction of sp³-hybridized carbons (Fsp3) is 0.500. The van der Waals surface area contributed by atoms with Crippen LogP contribution in [0.15, 0.2) is 29.2 Å². The highest BCUT2D eigenvalue weighted by molar-refractivity contribution is 6.30. The minimum Gasteiger partial charge on any atom is -0.330 e. The zero-order valence-corrected chi connectivity index (χ0v) is 13.3. The molecule has 22 heavy (non-hydrogen) atoms. The van der Waals surface area contributed by atoms with Gasteiger partial charge in [-0.2, -0.15) is 0 Å². The van der Waals surface area contributed by atoms with E-state index >= 15 is 0 Å². The Hall–Kier alpha value is -1.43. The molecule has 1 atom stereocenters. The topological polar surface area (TPSA) is 63.6 Å². The van der Waals surface area contributed by atoms with Crippen molar-refractivity contribution in [2.75, 3.05) is 19.6 Å². The number of pyridine rings is 1. The van der Waals surface area contributed by atoms with Gasteiger partial charge in [-0.3, -0.25) is 14.1 Å². The molecule has 0 bridgehead atoms. The summed E-state index contributed by atoms with van der Waals surface area (Å²) < 4.78 is 1.49. The van der Waals surface area contributed by atoms with Crippen molar-refractivity contribution in [2.24, 2.45) is 11.7 Å². The van der Waals surface area contributed by atoms with Gasteiger partial charge in [-0.1, -0.05) is 11.6 Å². The number of hydrogen-bond acceptors (Lipinski definition) is 4. The summed E-state index contributed by atoms with van der Waals surface area (Å²) >= 11 is 5.93. The number of aromatic nitrogens is 2. The van der Waals surface area contributed by atoms with Crippen LogP contribution in [0.1, 0.15) is 25.0 Å². The first-order valence-electron chi connectivity index (χ1n) is 7.76. The predicted molar refractivity (Wildman–Crippen MR) is 88.1 cm³/mol. The third-order valence-electron chi connectivity index (χ3n) is 4.24. The van der Waals surface area contributed by atoms with Crippen LogP contribution in [0.25, 0.3) is 5.65 Å². The second kappa shape index (κ2) is 6.77. The number of fused-ring (bicyclic) bond motifs is 1. The van der Waals surface area contributed by atoms with Gasteiger partial charge in [-0.05, 0) is 50.4 Å². The first-order valence-corrected chi connectivity index (χ1v) is 8.14. The van der Waals surface area contributed by atoms with Crippen LogP contribution < -0.4 is 11.3 Å². The van der Waals surface area contributed by atoms with Crippen molar-refractivity contribution < 1.29 is 0 Å². The molecule has 0 spiro atoms. The van der Waals surface area contributed by atoms with Gasteiger partial charge in [0, 0.05) is 25.4 Å². The van der Waals surface area contributed by atoms with E-state index in [1.165, 1.54) is 17.2 Å². The molecular weight excluding hydrogens is 300 g/mol. The van der Waals surface area contributed by atoms with E-state index in [1.807, 2.05) is 0 Å². The summed E-state index contributed by atoms with van der Waals surface area (Å²) in [6, 6.07) is 5.14. The zero-order chi connectivity index (χ0) is 15.5. The van der Waals surface area contributed by atoms with Crippen LogP contribution in [-0.2, 0) is 6.54 Å². The Balaban J connectivity index is 1.79. The van der Waals surface area contributed by atoms with Crippen LogP contribution >= 0.6 is 11.6 Å². The normalized spacial score (nSPS) is 19.6. The summed E-state index contributed by atoms with van der Waals surface area (Å²) in [5, 5.41) is 0.532. The molecule has 1 aliphatic heterocycles. The molecule has 3 heterocycles. The lowest BCUT2D eigenvalue weighted by atomic mass is 9.95. The lowest BCUT2D eigenvalue weighted by Crippen LogP contribution is -2.36. The van der Waals surface area contributed by atoms with Crippen LogP contribution in [-0.4, -0.2) is 33.9 Å². The van der Waals surface area contributed by atoms with Gasteiger partial charge in [0.15, 0.2) is 0 Å². The highest BCUT2D eigenvalue weighted by Crippen LogP contribution is 2.20. The summed E-state index contributed by atoms with van der Waals surface area (Å²) in [7, 11) is 0. The number of likely N-dealkylation sites (tertiary alicyclic amines) is 1. The standard InChI is InChI=1S/C16H21ClN4O/c17-13-3-4-15-19-14(8-16(22)21(15)10-13)11-20-7-1-2-12(9-20)5-6-18/h3-4,8,10,12H,1-2,5-7,9,11,18H2.